The summed E-state index contributed by atoms with van der Waals surface area (Å²) in [6.45, 7) is 0. The highest BCUT2D eigenvalue weighted by molar-refractivity contribution is 5.67. The normalized spacial score (nSPS) is 17.7. The zero-order valence-corrected chi connectivity index (χ0v) is 11.8. The van der Waals surface area contributed by atoms with Gasteiger partial charge in [-0.15, -0.1) is 0 Å². The van der Waals surface area contributed by atoms with E-state index in [-0.39, 0.29) is 18.4 Å². The standard InChI is InChI=1S/C16H19F3O2/c17-11-8-13(18)12(14(19)9-11)4-7-16(10-15(20)21)5-2-1-3-6-16/h8-9H,1-7,10H2,(H,20,21). The van der Waals surface area contributed by atoms with Crippen LogP contribution in [0.1, 0.15) is 50.5 Å². The number of carboxylic acid groups (broad SMARTS) is 1. The molecule has 116 valence electrons. The number of carbonyl (C=O) groups is 1. The van der Waals surface area contributed by atoms with Crippen molar-refractivity contribution in [3.63, 3.8) is 0 Å². The Morgan fingerprint density at radius 2 is 1.67 bits per heavy atom. The SMILES string of the molecule is O=C(O)CC1(CCc2c(F)cc(F)cc2F)CCCCC1. The Bertz CT molecular complexity index is 499. The van der Waals surface area contributed by atoms with Crippen LogP contribution in [-0.4, -0.2) is 11.1 Å². The lowest BCUT2D eigenvalue weighted by Gasteiger charge is -2.36. The zero-order chi connectivity index (χ0) is 15.5. The van der Waals surface area contributed by atoms with E-state index in [1.807, 2.05) is 0 Å². The maximum atomic E-state index is 13.7. The maximum Gasteiger partial charge on any atom is 0.303 e. The van der Waals surface area contributed by atoms with Gasteiger partial charge in [0.2, 0.25) is 0 Å². The van der Waals surface area contributed by atoms with Crippen LogP contribution < -0.4 is 0 Å². The van der Waals surface area contributed by atoms with Crippen LogP contribution in [0.3, 0.4) is 0 Å². The first kappa shape index (κ1) is 15.9. The summed E-state index contributed by atoms with van der Waals surface area (Å²) in [4.78, 5) is 11.1. The minimum Gasteiger partial charge on any atom is -0.481 e. The lowest BCUT2D eigenvalue weighted by atomic mass is 9.68. The van der Waals surface area contributed by atoms with Gasteiger partial charge in [0.05, 0.1) is 6.42 Å². The molecule has 0 spiro atoms. The molecule has 1 aromatic rings. The van der Waals surface area contributed by atoms with Crippen LogP contribution in [0.4, 0.5) is 13.2 Å². The van der Waals surface area contributed by atoms with E-state index in [1.165, 1.54) is 0 Å². The molecule has 0 radical (unpaired) electrons. The van der Waals surface area contributed by atoms with E-state index in [9.17, 15) is 18.0 Å². The van der Waals surface area contributed by atoms with Gasteiger partial charge in [0, 0.05) is 17.7 Å². The van der Waals surface area contributed by atoms with E-state index in [4.69, 9.17) is 5.11 Å². The van der Waals surface area contributed by atoms with Crippen LogP contribution in [0.2, 0.25) is 0 Å². The summed E-state index contributed by atoms with van der Waals surface area (Å²) in [7, 11) is 0. The molecule has 2 rings (SSSR count). The first-order valence-corrected chi connectivity index (χ1v) is 7.27. The number of halogens is 3. The molecule has 0 saturated heterocycles. The average molecular weight is 300 g/mol. The van der Waals surface area contributed by atoms with Crippen LogP contribution in [0, 0.1) is 22.9 Å². The molecule has 2 nitrogen and oxygen atoms in total. The summed E-state index contributed by atoms with van der Waals surface area (Å²) in [5, 5.41) is 9.08. The highest BCUT2D eigenvalue weighted by Crippen LogP contribution is 2.43. The lowest BCUT2D eigenvalue weighted by molar-refractivity contribution is -0.140. The Morgan fingerprint density at radius 1 is 1.10 bits per heavy atom. The molecule has 1 aromatic carbocycles. The molecule has 1 saturated carbocycles. The molecule has 0 aromatic heterocycles. The van der Waals surface area contributed by atoms with Crippen molar-refractivity contribution in [2.75, 3.05) is 0 Å². The number of aliphatic carboxylic acids is 1. The van der Waals surface area contributed by atoms with Gasteiger partial charge in [-0.05, 0) is 31.1 Å². The molecule has 0 bridgehead atoms. The first-order chi connectivity index (χ1) is 9.92. The van der Waals surface area contributed by atoms with Crippen molar-refractivity contribution in [2.45, 2.75) is 51.4 Å². The Hall–Kier alpha value is -1.52. The Morgan fingerprint density at radius 3 is 2.19 bits per heavy atom. The zero-order valence-electron chi connectivity index (χ0n) is 11.8. The summed E-state index contributed by atoms with van der Waals surface area (Å²) < 4.78 is 40.2. The quantitative estimate of drug-likeness (QED) is 0.871. The van der Waals surface area contributed by atoms with Gasteiger partial charge in [0.25, 0.3) is 0 Å². The summed E-state index contributed by atoms with van der Waals surface area (Å²) in [6.07, 6.45) is 5.04. The van der Waals surface area contributed by atoms with Crippen LogP contribution >= 0.6 is 0 Å². The van der Waals surface area contributed by atoms with Crippen molar-refractivity contribution in [1.29, 1.82) is 0 Å². The molecule has 1 N–H and O–H groups in total. The van der Waals surface area contributed by atoms with E-state index >= 15 is 0 Å². The molecular weight excluding hydrogens is 281 g/mol. The molecular formula is C16H19F3O2. The van der Waals surface area contributed by atoms with Crippen molar-refractivity contribution in [3.8, 4) is 0 Å². The summed E-state index contributed by atoms with van der Waals surface area (Å²) in [6, 6.07) is 1.34. The molecule has 0 aliphatic heterocycles. The fourth-order valence-electron chi connectivity index (χ4n) is 3.34. The third kappa shape index (κ3) is 3.99. The molecule has 21 heavy (non-hydrogen) atoms. The van der Waals surface area contributed by atoms with Gasteiger partial charge in [0.1, 0.15) is 17.5 Å². The molecule has 0 heterocycles. The third-order valence-corrected chi connectivity index (χ3v) is 4.45. The van der Waals surface area contributed by atoms with Gasteiger partial charge >= 0.3 is 5.97 Å². The van der Waals surface area contributed by atoms with Gasteiger partial charge < -0.3 is 5.11 Å². The monoisotopic (exact) mass is 300 g/mol. The number of benzene rings is 1. The van der Waals surface area contributed by atoms with Gasteiger partial charge in [-0.3, -0.25) is 4.79 Å². The van der Waals surface area contributed by atoms with E-state index in [1.54, 1.807) is 0 Å². The summed E-state index contributed by atoms with van der Waals surface area (Å²) >= 11 is 0. The molecule has 1 aliphatic carbocycles. The molecule has 5 heteroatoms. The second-order valence-electron chi connectivity index (χ2n) is 5.98. The fraction of sp³-hybridized carbons (Fsp3) is 0.562. The maximum absolute atomic E-state index is 13.7. The van der Waals surface area contributed by atoms with Crippen LogP contribution in [0.25, 0.3) is 0 Å². The summed E-state index contributed by atoms with van der Waals surface area (Å²) in [5.74, 6) is -3.61. The highest BCUT2D eigenvalue weighted by atomic mass is 19.1. The summed E-state index contributed by atoms with van der Waals surface area (Å²) in [5.41, 5.74) is -0.538. The van der Waals surface area contributed by atoms with E-state index in [0.29, 0.717) is 18.6 Å². The van der Waals surface area contributed by atoms with Crippen molar-refractivity contribution in [3.05, 3.63) is 35.1 Å². The number of hydrogen-bond donors (Lipinski definition) is 1. The second kappa shape index (κ2) is 6.50. The molecule has 0 amide bonds. The smallest absolute Gasteiger partial charge is 0.303 e. The molecule has 1 aliphatic rings. The minimum absolute atomic E-state index is 0.0252. The van der Waals surface area contributed by atoms with Crippen molar-refractivity contribution < 1.29 is 23.1 Å². The predicted molar refractivity (Wildman–Crippen MR) is 72.4 cm³/mol. The van der Waals surface area contributed by atoms with Gasteiger partial charge in [-0.25, -0.2) is 13.2 Å². The minimum atomic E-state index is -0.938. The van der Waals surface area contributed by atoms with E-state index in [2.05, 4.69) is 0 Å². The van der Waals surface area contributed by atoms with Crippen LogP contribution in [0.15, 0.2) is 12.1 Å². The first-order valence-electron chi connectivity index (χ1n) is 7.27. The molecule has 0 unspecified atom stereocenters. The largest absolute Gasteiger partial charge is 0.481 e. The fourth-order valence-corrected chi connectivity index (χ4v) is 3.34. The molecule has 1 fully saturated rings. The Kier molecular flexibility index (Phi) is 4.91. The highest BCUT2D eigenvalue weighted by Gasteiger charge is 2.34. The van der Waals surface area contributed by atoms with Gasteiger partial charge in [0.15, 0.2) is 0 Å². The average Bonchev–Trinajstić information content (AvgIpc) is 2.37. The van der Waals surface area contributed by atoms with E-state index in [0.717, 1.165) is 32.1 Å². The van der Waals surface area contributed by atoms with Crippen molar-refractivity contribution in [1.82, 2.24) is 0 Å². The Labute approximate surface area is 122 Å². The molecule has 0 atom stereocenters. The van der Waals surface area contributed by atoms with E-state index < -0.39 is 28.8 Å². The van der Waals surface area contributed by atoms with Crippen molar-refractivity contribution in [2.24, 2.45) is 5.41 Å². The van der Waals surface area contributed by atoms with Crippen molar-refractivity contribution >= 4 is 5.97 Å². The van der Waals surface area contributed by atoms with Gasteiger partial charge in [-0.2, -0.15) is 0 Å². The lowest BCUT2D eigenvalue weighted by Crippen LogP contribution is -2.28. The van der Waals surface area contributed by atoms with Crippen LogP contribution in [0.5, 0.6) is 0 Å². The Balaban J connectivity index is 2.13. The second-order valence-corrected chi connectivity index (χ2v) is 5.98. The number of rotatable bonds is 5. The van der Waals surface area contributed by atoms with Gasteiger partial charge in [-0.1, -0.05) is 19.3 Å². The topological polar surface area (TPSA) is 37.3 Å². The third-order valence-electron chi connectivity index (χ3n) is 4.45. The predicted octanol–water partition coefficient (Wildman–Crippen LogP) is 4.46. The number of carboxylic acids is 1. The number of hydrogen-bond acceptors (Lipinski definition) is 1. The van der Waals surface area contributed by atoms with Crippen LogP contribution in [-0.2, 0) is 11.2 Å².